The molecule has 1 amide bonds. The van der Waals surface area contributed by atoms with E-state index in [9.17, 15) is 13.6 Å². The molecule has 1 aromatic carbocycles. The molecule has 0 aliphatic carbocycles. The summed E-state index contributed by atoms with van der Waals surface area (Å²) in [5, 5.41) is 19.4. The number of amides is 1. The topological polar surface area (TPSA) is 144 Å². The quantitative estimate of drug-likeness (QED) is 0.293. The fourth-order valence-electron chi connectivity index (χ4n) is 2.99. The van der Waals surface area contributed by atoms with Crippen molar-refractivity contribution in [2.24, 2.45) is 0 Å². The molecule has 1 aliphatic rings. The minimum atomic E-state index is -3.73. The summed E-state index contributed by atoms with van der Waals surface area (Å²) in [6.45, 7) is 0.822. The molecule has 4 rings (SSSR count). The Morgan fingerprint density at radius 2 is 1.97 bits per heavy atom. The molecular weight excluding hydrogens is 458 g/mol. The van der Waals surface area contributed by atoms with Gasteiger partial charge in [0.05, 0.1) is 17.9 Å². The van der Waals surface area contributed by atoms with Gasteiger partial charge in [0.15, 0.2) is 11.5 Å². The van der Waals surface area contributed by atoms with Gasteiger partial charge in [-0.2, -0.15) is 4.98 Å². The smallest absolute Gasteiger partial charge is 0.396 e. The Labute approximate surface area is 190 Å². The summed E-state index contributed by atoms with van der Waals surface area (Å²) < 4.78 is 35.1. The zero-order chi connectivity index (χ0) is 23.4. The summed E-state index contributed by atoms with van der Waals surface area (Å²) in [5.41, 5.74) is 7.28. The number of carbonyl (C=O) groups is 1. The number of thiophene rings is 1. The van der Waals surface area contributed by atoms with Gasteiger partial charge < -0.3 is 36.3 Å². The third-order valence-corrected chi connectivity index (χ3v) is 5.32. The number of benzene rings is 1. The van der Waals surface area contributed by atoms with Gasteiger partial charge in [-0.05, 0) is 30.0 Å². The lowest BCUT2D eigenvalue weighted by atomic mass is 10.2. The number of halogens is 2. The van der Waals surface area contributed by atoms with Crippen molar-refractivity contribution in [2.75, 3.05) is 34.8 Å². The van der Waals surface area contributed by atoms with Crippen molar-refractivity contribution in [3.63, 3.8) is 0 Å². The van der Waals surface area contributed by atoms with E-state index in [0.29, 0.717) is 35.2 Å². The van der Waals surface area contributed by atoms with Crippen LogP contribution in [0.3, 0.4) is 0 Å². The number of aromatic nitrogens is 2. The van der Waals surface area contributed by atoms with Gasteiger partial charge in [0, 0.05) is 31.0 Å². The molecule has 10 nitrogen and oxygen atoms in total. The molecule has 1 aliphatic heterocycles. The number of hydrogen-bond acceptors (Lipinski definition) is 10. The van der Waals surface area contributed by atoms with E-state index in [4.69, 9.17) is 10.8 Å². The number of carbonyl (C=O) groups excluding carboxylic acids is 1. The maximum atomic E-state index is 13.2. The van der Waals surface area contributed by atoms with E-state index in [2.05, 4.69) is 35.4 Å². The summed E-state index contributed by atoms with van der Waals surface area (Å²) in [4.78, 5) is 21.6. The number of nitrogens with zero attached hydrogens (tertiary/aromatic N) is 2. The van der Waals surface area contributed by atoms with Gasteiger partial charge >= 0.3 is 6.29 Å². The summed E-state index contributed by atoms with van der Waals surface area (Å²) in [6, 6.07) is 7.36. The average molecular weight is 478 g/mol. The number of hydrogen-bond donors (Lipinski definition) is 5. The normalized spacial score (nSPS) is 13.5. The predicted molar refractivity (Wildman–Crippen MR) is 119 cm³/mol. The molecule has 0 fully saturated rings. The zero-order valence-electron chi connectivity index (χ0n) is 17.1. The van der Waals surface area contributed by atoms with Gasteiger partial charge in [0.2, 0.25) is 5.95 Å². The van der Waals surface area contributed by atoms with E-state index < -0.39 is 12.2 Å². The Morgan fingerprint density at radius 3 is 2.79 bits per heavy atom. The lowest BCUT2D eigenvalue weighted by molar-refractivity contribution is -0.286. The summed E-state index contributed by atoms with van der Waals surface area (Å²) in [6.07, 6.45) is -3.18. The van der Waals surface area contributed by atoms with Crippen LogP contribution in [0.2, 0.25) is 0 Å². The molecule has 3 heterocycles. The van der Waals surface area contributed by atoms with Crippen molar-refractivity contribution in [1.82, 2.24) is 9.97 Å². The Kier molecular flexibility index (Phi) is 6.42. The van der Waals surface area contributed by atoms with E-state index in [1.54, 1.807) is 17.5 Å². The maximum absolute atomic E-state index is 13.2. The largest absolute Gasteiger partial charge is 0.586 e. The highest BCUT2D eigenvalue weighted by molar-refractivity contribution is 7.12. The van der Waals surface area contributed by atoms with Crippen molar-refractivity contribution in [3.05, 3.63) is 46.3 Å². The number of anilines is 4. The van der Waals surface area contributed by atoms with Gasteiger partial charge in [-0.3, -0.25) is 4.79 Å². The van der Waals surface area contributed by atoms with Crippen LogP contribution in [0.1, 0.15) is 21.8 Å². The molecule has 13 heteroatoms. The molecule has 33 heavy (non-hydrogen) atoms. The number of aliphatic hydroxyl groups excluding tert-OH is 1. The van der Waals surface area contributed by atoms with E-state index in [0.717, 1.165) is 0 Å². The van der Waals surface area contributed by atoms with Crippen LogP contribution in [0.4, 0.5) is 31.9 Å². The number of nitrogen functional groups attached to an aromatic ring is 1. The number of nitrogens with one attached hydrogen (secondary N) is 3. The standard InChI is InChI=1S/C20H20F2N6O4S/c21-20(22)31-14-3-2-11(8-15(14)32-20)26-18(30)17-13(4-7-33-17)25-10-12-9-16(23)28-19(27-12)24-5-1-6-29/h2-4,7-9,25,29H,1,5-6,10H2,(H,26,30)(H3,23,24,27,28). The van der Waals surface area contributed by atoms with Crippen LogP contribution in [-0.4, -0.2) is 40.4 Å². The van der Waals surface area contributed by atoms with E-state index in [1.165, 1.54) is 29.5 Å². The lowest BCUT2D eigenvalue weighted by Gasteiger charge is -2.10. The lowest BCUT2D eigenvalue weighted by Crippen LogP contribution is -2.25. The number of fused-ring (bicyclic) bond motifs is 1. The highest BCUT2D eigenvalue weighted by Gasteiger charge is 2.43. The second kappa shape index (κ2) is 9.42. The molecule has 6 N–H and O–H groups in total. The highest BCUT2D eigenvalue weighted by Crippen LogP contribution is 2.42. The number of nitrogens with two attached hydrogens (primary N) is 1. The zero-order valence-corrected chi connectivity index (χ0v) is 17.9. The second-order valence-corrected chi connectivity index (χ2v) is 7.83. The van der Waals surface area contributed by atoms with Crippen molar-refractivity contribution >= 4 is 40.4 Å². The first-order valence-electron chi connectivity index (χ1n) is 9.84. The van der Waals surface area contributed by atoms with Crippen molar-refractivity contribution in [2.45, 2.75) is 19.3 Å². The highest BCUT2D eigenvalue weighted by atomic mass is 32.1. The minimum Gasteiger partial charge on any atom is -0.396 e. The molecule has 3 aromatic rings. The van der Waals surface area contributed by atoms with E-state index in [-0.39, 0.29) is 36.2 Å². The first-order valence-corrected chi connectivity index (χ1v) is 10.7. The molecule has 0 spiro atoms. The number of aliphatic hydroxyl groups is 1. The predicted octanol–water partition coefficient (Wildman–Crippen LogP) is 3.10. The van der Waals surface area contributed by atoms with Crippen molar-refractivity contribution in [1.29, 1.82) is 0 Å². The van der Waals surface area contributed by atoms with Gasteiger partial charge in [0.1, 0.15) is 10.7 Å². The number of alkyl halides is 2. The molecule has 174 valence electrons. The fraction of sp³-hybridized carbons (Fsp3) is 0.250. The van der Waals surface area contributed by atoms with Crippen molar-refractivity contribution in [3.8, 4) is 11.5 Å². The van der Waals surface area contributed by atoms with Gasteiger partial charge in [-0.1, -0.05) is 0 Å². The van der Waals surface area contributed by atoms with Crippen LogP contribution in [0.5, 0.6) is 11.5 Å². The summed E-state index contributed by atoms with van der Waals surface area (Å²) in [5.74, 6) is -0.0634. The SMILES string of the molecule is Nc1cc(CNc2ccsc2C(=O)Nc2ccc3c(c2)OC(F)(F)O3)nc(NCCCO)n1. The molecule has 0 unspecified atom stereocenters. The molecule has 0 radical (unpaired) electrons. The van der Waals surface area contributed by atoms with E-state index in [1.807, 2.05) is 0 Å². The van der Waals surface area contributed by atoms with Gasteiger partial charge in [0.25, 0.3) is 5.91 Å². The minimum absolute atomic E-state index is 0.0471. The Bertz CT molecular complexity index is 1160. The van der Waals surface area contributed by atoms with Crippen LogP contribution in [-0.2, 0) is 6.54 Å². The summed E-state index contributed by atoms with van der Waals surface area (Å²) in [7, 11) is 0. The molecular formula is C20H20F2N6O4S. The molecule has 0 atom stereocenters. The third kappa shape index (κ3) is 5.56. The van der Waals surface area contributed by atoms with Gasteiger partial charge in [-0.25, -0.2) is 4.98 Å². The third-order valence-electron chi connectivity index (χ3n) is 4.41. The first-order chi connectivity index (χ1) is 15.8. The number of ether oxygens (including phenoxy) is 2. The van der Waals surface area contributed by atoms with Crippen LogP contribution < -0.4 is 31.2 Å². The van der Waals surface area contributed by atoms with Gasteiger partial charge in [-0.15, -0.1) is 20.1 Å². The maximum Gasteiger partial charge on any atom is 0.586 e. The van der Waals surface area contributed by atoms with Crippen LogP contribution in [0, 0.1) is 0 Å². The van der Waals surface area contributed by atoms with Crippen LogP contribution in [0.25, 0.3) is 0 Å². The van der Waals surface area contributed by atoms with Crippen LogP contribution in [0.15, 0.2) is 35.7 Å². The monoisotopic (exact) mass is 478 g/mol. The Balaban J connectivity index is 1.40. The molecule has 0 bridgehead atoms. The summed E-state index contributed by atoms with van der Waals surface area (Å²) >= 11 is 1.21. The molecule has 0 saturated carbocycles. The first kappa shape index (κ1) is 22.5. The second-order valence-electron chi connectivity index (χ2n) is 6.91. The molecule has 2 aromatic heterocycles. The Hall–Kier alpha value is -3.71. The average Bonchev–Trinajstić information content (AvgIpc) is 3.34. The Morgan fingerprint density at radius 1 is 1.15 bits per heavy atom. The number of rotatable bonds is 9. The molecule has 0 saturated heterocycles. The van der Waals surface area contributed by atoms with Crippen LogP contribution >= 0.6 is 11.3 Å². The van der Waals surface area contributed by atoms with E-state index >= 15 is 0 Å². The fourth-order valence-corrected chi connectivity index (χ4v) is 3.76. The van der Waals surface area contributed by atoms with Crippen molar-refractivity contribution < 1.29 is 28.2 Å².